The van der Waals surface area contributed by atoms with Crippen LogP contribution in [-0.4, -0.2) is 9.97 Å². The van der Waals surface area contributed by atoms with Gasteiger partial charge in [-0.2, -0.15) is 0 Å². The lowest BCUT2D eigenvalue weighted by Gasteiger charge is -2.06. The summed E-state index contributed by atoms with van der Waals surface area (Å²) >= 11 is 17.1. The first kappa shape index (κ1) is 10.8. The highest BCUT2D eigenvalue weighted by Crippen LogP contribution is 2.28. The molecule has 0 saturated carbocycles. The van der Waals surface area contributed by atoms with Crippen LogP contribution in [0.2, 0.25) is 15.3 Å². The molecule has 0 amide bonds. The SMILES string of the molecule is C=CC(C)c1nc(Cl)c(Cl)c(Cl)n1. The van der Waals surface area contributed by atoms with Crippen molar-refractivity contribution in [2.45, 2.75) is 12.8 Å². The molecule has 0 spiro atoms. The van der Waals surface area contributed by atoms with E-state index in [0.717, 1.165) is 0 Å². The van der Waals surface area contributed by atoms with Crippen molar-refractivity contribution in [1.29, 1.82) is 0 Å². The zero-order valence-corrected chi connectivity index (χ0v) is 9.16. The summed E-state index contributed by atoms with van der Waals surface area (Å²) in [5.41, 5.74) is 0. The summed E-state index contributed by atoms with van der Waals surface area (Å²) in [7, 11) is 0. The van der Waals surface area contributed by atoms with Gasteiger partial charge in [-0.05, 0) is 0 Å². The highest BCUT2D eigenvalue weighted by molar-refractivity contribution is 6.46. The summed E-state index contributed by atoms with van der Waals surface area (Å²) in [6.45, 7) is 5.51. The quantitative estimate of drug-likeness (QED) is 0.579. The second-order valence-corrected chi connectivity index (χ2v) is 3.60. The minimum atomic E-state index is 0.00673. The van der Waals surface area contributed by atoms with Crippen molar-refractivity contribution in [2.75, 3.05) is 0 Å². The summed E-state index contributed by atoms with van der Waals surface area (Å²) < 4.78 is 0. The van der Waals surface area contributed by atoms with Gasteiger partial charge in [-0.1, -0.05) is 47.8 Å². The Balaban J connectivity index is 3.20. The fraction of sp³-hybridized carbons (Fsp3) is 0.250. The van der Waals surface area contributed by atoms with Gasteiger partial charge < -0.3 is 0 Å². The fourth-order valence-electron chi connectivity index (χ4n) is 0.718. The molecule has 0 saturated heterocycles. The maximum Gasteiger partial charge on any atom is 0.152 e. The van der Waals surface area contributed by atoms with Gasteiger partial charge in [0.25, 0.3) is 0 Å². The monoisotopic (exact) mass is 236 g/mol. The molecule has 70 valence electrons. The van der Waals surface area contributed by atoms with Crippen LogP contribution in [0.25, 0.3) is 0 Å². The van der Waals surface area contributed by atoms with Crippen LogP contribution in [0.4, 0.5) is 0 Å². The lowest BCUT2D eigenvalue weighted by molar-refractivity contribution is 0.844. The van der Waals surface area contributed by atoms with E-state index in [0.29, 0.717) is 5.82 Å². The number of hydrogen-bond donors (Lipinski definition) is 0. The molecule has 0 aromatic carbocycles. The standard InChI is InChI=1S/C8H7Cl3N2/c1-3-4(2)8-12-6(10)5(9)7(11)13-8/h3-4H,1H2,2H3. The van der Waals surface area contributed by atoms with Gasteiger partial charge in [0.1, 0.15) is 10.8 Å². The molecule has 1 aromatic rings. The van der Waals surface area contributed by atoms with Gasteiger partial charge in [-0.15, -0.1) is 6.58 Å². The first-order chi connectivity index (χ1) is 6.06. The van der Waals surface area contributed by atoms with Gasteiger partial charge >= 0.3 is 0 Å². The van der Waals surface area contributed by atoms with Crippen LogP contribution in [0.5, 0.6) is 0 Å². The van der Waals surface area contributed by atoms with E-state index in [1.807, 2.05) is 6.92 Å². The van der Waals surface area contributed by atoms with Gasteiger partial charge in [0.05, 0.1) is 0 Å². The first-order valence-electron chi connectivity index (χ1n) is 3.57. The van der Waals surface area contributed by atoms with E-state index in [2.05, 4.69) is 16.5 Å². The van der Waals surface area contributed by atoms with Crippen LogP contribution in [0.3, 0.4) is 0 Å². The highest BCUT2D eigenvalue weighted by atomic mass is 35.5. The van der Waals surface area contributed by atoms with Crippen LogP contribution in [0.15, 0.2) is 12.7 Å². The molecule has 0 radical (unpaired) electrons. The maximum atomic E-state index is 5.72. The van der Waals surface area contributed by atoms with Crippen molar-refractivity contribution in [3.05, 3.63) is 33.8 Å². The van der Waals surface area contributed by atoms with Crippen molar-refractivity contribution in [3.63, 3.8) is 0 Å². The molecule has 2 nitrogen and oxygen atoms in total. The van der Waals surface area contributed by atoms with Crippen LogP contribution >= 0.6 is 34.8 Å². The molecule has 0 bridgehead atoms. The second kappa shape index (κ2) is 4.27. The number of hydrogen-bond acceptors (Lipinski definition) is 2. The predicted molar refractivity (Wildman–Crippen MR) is 55.7 cm³/mol. The Labute approximate surface area is 91.6 Å². The molecule has 0 N–H and O–H groups in total. The van der Waals surface area contributed by atoms with E-state index >= 15 is 0 Å². The minimum Gasteiger partial charge on any atom is -0.219 e. The predicted octanol–water partition coefficient (Wildman–Crippen LogP) is 3.73. The summed E-state index contributed by atoms with van der Waals surface area (Å²) in [4.78, 5) is 7.94. The third-order valence-electron chi connectivity index (χ3n) is 1.55. The molecule has 1 rings (SSSR count). The maximum absolute atomic E-state index is 5.72. The topological polar surface area (TPSA) is 25.8 Å². The van der Waals surface area contributed by atoms with E-state index in [1.54, 1.807) is 6.08 Å². The number of allylic oxidation sites excluding steroid dienone is 1. The number of nitrogens with zero attached hydrogens (tertiary/aromatic N) is 2. The molecule has 1 heterocycles. The van der Waals surface area contributed by atoms with Gasteiger partial charge in [0.2, 0.25) is 0 Å². The normalized spacial score (nSPS) is 12.6. The Morgan fingerprint density at radius 3 is 2.08 bits per heavy atom. The summed E-state index contributed by atoms with van der Waals surface area (Å²) in [6, 6.07) is 0. The molecular weight excluding hydrogens is 230 g/mol. The van der Waals surface area contributed by atoms with E-state index in [1.165, 1.54) is 0 Å². The van der Waals surface area contributed by atoms with Crippen LogP contribution < -0.4 is 0 Å². The van der Waals surface area contributed by atoms with E-state index in [4.69, 9.17) is 34.8 Å². The average molecular weight is 238 g/mol. The number of halogens is 3. The van der Waals surface area contributed by atoms with Crippen LogP contribution in [0, 0.1) is 0 Å². The zero-order valence-electron chi connectivity index (χ0n) is 6.89. The molecule has 1 unspecified atom stereocenters. The van der Waals surface area contributed by atoms with E-state index in [9.17, 15) is 0 Å². The molecular formula is C8H7Cl3N2. The molecule has 0 fully saturated rings. The average Bonchev–Trinajstić information content (AvgIpc) is 2.12. The molecule has 1 aromatic heterocycles. The van der Waals surface area contributed by atoms with E-state index in [-0.39, 0.29) is 21.2 Å². The van der Waals surface area contributed by atoms with Gasteiger partial charge in [0, 0.05) is 5.92 Å². The largest absolute Gasteiger partial charge is 0.219 e. The summed E-state index contributed by atoms with van der Waals surface area (Å²) in [5, 5.41) is 0.527. The molecule has 0 aliphatic heterocycles. The van der Waals surface area contributed by atoms with Gasteiger partial charge in [-0.3, -0.25) is 0 Å². The molecule has 1 atom stereocenters. The lowest BCUT2D eigenvalue weighted by atomic mass is 10.2. The van der Waals surface area contributed by atoms with Crippen molar-refractivity contribution in [3.8, 4) is 0 Å². The van der Waals surface area contributed by atoms with Crippen LogP contribution in [0.1, 0.15) is 18.7 Å². The minimum absolute atomic E-state index is 0.00673. The highest BCUT2D eigenvalue weighted by Gasteiger charge is 2.11. The lowest BCUT2D eigenvalue weighted by Crippen LogP contribution is -1.99. The third kappa shape index (κ3) is 2.33. The van der Waals surface area contributed by atoms with Crippen molar-refractivity contribution in [2.24, 2.45) is 0 Å². The Kier molecular flexibility index (Phi) is 3.54. The summed E-state index contributed by atoms with van der Waals surface area (Å²) in [5.74, 6) is 0.529. The van der Waals surface area contributed by atoms with Crippen LogP contribution in [-0.2, 0) is 0 Å². The second-order valence-electron chi connectivity index (χ2n) is 2.50. The molecule has 0 aliphatic carbocycles. The Bertz CT molecular complexity index is 315. The van der Waals surface area contributed by atoms with Crippen molar-refractivity contribution in [1.82, 2.24) is 9.97 Å². The van der Waals surface area contributed by atoms with Gasteiger partial charge in [-0.25, -0.2) is 9.97 Å². The first-order valence-corrected chi connectivity index (χ1v) is 4.70. The summed E-state index contributed by atoms with van der Waals surface area (Å²) in [6.07, 6.45) is 1.70. The molecule has 5 heteroatoms. The van der Waals surface area contributed by atoms with Crippen molar-refractivity contribution < 1.29 is 0 Å². The molecule has 0 aliphatic rings. The number of rotatable bonds is 2. The Hall–Kier alpha value is -0.310. The Morgan fingerprint density at radius 2 is 1.69 bits per heavy atom. The van der Waals surface area contributed by atoms with E-state index < -0.39 is 0 Å². The van der Waals surface area contributed by atoms with Gasteiger partial charge in [0.15, 0.2) is 10.3 Å². The molecule has 13 heavy (non-hydrogen) atoms. The van der Waals surface area contributed by atoms with Crippen molar-refractivity contribution >= 4 is 34.8 Å². The third-order valence-corrected chi connectivity index (χ3v) is 2.65. The smallest absolute Gasteiger partial charge is 0.152 e. The fourth-order valence-corrected chi connectivity index (χ4v) is 1.20. The zero-order chi connectivity index (χ0) is 10.0. The Morgan fingerprint density at radius 1 is 1.23 bits per heavy atom. The number of aromatic nitrogens is 2.